The third-order valence-electron chi connectivity index (χ3n) is 5.43. The Morgan fingerprint density at radius 3 is 2.26 bits per heavy atom. The highest BCUT2D eigenvalue weighted by Gasteiger charge is 2.08. The number of aromatic amines is 1. The average molecular weight is 447 g/mol. The molecule has 5 aromatic rings. The molecule has 0 aliphatic rings. The molecule has 2 aromatic heterocycles. The van der Waals surface area contributed by atoms with Crippen molar-refractivity contribution in [2.45, 2.75) is 6.54 Å². The Balaban J connectivity index is 1.26. The van der Waals surface area contributed by atoms with Gasteiger partial charge in [0, 0.05) is 24.0 Å². The van der Waals surface area contributed by atoms with Crippen molar-refractivity contribution in [2.75, 3.05) is 10.6 Å². The molecule has 0 bridgehead atoms. The summed E-state index contributed by atoms with van der Waals surface area (Å²) in [5.74, 6) is 0.357. The van der Waals surface area contributed by atoms with Crippen LogP contribution >= 0.6 is 0 Å². The summed E-state index contributed by atoms with van der Waals surface area (Å²) >= 11 is 0. The van der Waals surface area contributed by atoms with E-state index in [0.29, 0.717) is 23.6 Å². The highest BCUT2D eigenvalue weighted by Crippen LogP contribution is 2.22. The molecule has 0 atom stereocenters. The standard InChI is InChI=1S/C27H21N5O2/c33-26(30-22-5-2-1-3-6-22)21-14-12-20(13-15-21)19-10-8-18(9-11-19)17-29-25-23-7-4-16-28-24(23)31-27(34)32-25/h1-16H,17H2,(H,30,33)(H2,28,29,31,32,34). The van der Waals surface area contributed by atoms with Crippen LogP contribution in [-0.2, 0) is 6.54 Å². The molecule has 0 fully saturated rings. The van der Waals surface area contributed by atoms with Crippen molar-refractivity contribution >= 4 is 28.4 Å². The predicted molar refractivity (Wildman–Crippen MR) is 134 cm³/mol. The first-order chi connectivity index (χ1) is 16.7. The SMILES string of the molecule is O=C(Nc1ccccc1)c1ccc(-c2ccc(CNc3nc(=O)[nH]c4ncccc34)cc2)cc1. The number of fused-ring (bicyclic) bond motifs is 1. The molecule has 3 N–H and O–H groups in total. The van der Waals surface area contributed by atoms with Gasteiger partial charge < -0.3 is 10.6 Å². The first kappa shape index (κ1) is 21.1. The van der Waals surface area contributed by atoms with Crippen LogP contribution in [0.25, 0.3) is 22.2 Å². The molecule has 1 amide bonds. The van der Waals surface area contributed by atoms with Crippen molar-refractivity contribution in [2.24, 2.45) is 0 Å². The zero-order chi connectivity index (χ0) is 23.3. The van der Waals surface area contributed by atoms with E-state index in [2.05, 4.69) is 25.6 Å². The highest BCUT2D eigenvalue weighted by atomic mass is 16.1. The van der Waals surface area contributed by atoms with E-state index < -0.39 is 5.69 Å². The third-order valence-corrected chi connectivity index (χ3v) is 5.43. The van der Waals surface area contributed by atoms with Crippen LogP contribution in [0.1, 0.15) is 15.9 Å². The number of hydrogen-bond acceptors (Lipinski definition) is 5. The van der Waals surface area contributed by atoms with Gasteiger partial charge in [-0.2, -0.15) is 4.98 Å². The largest absolute Gasteiger partial charge is 0.365 e. The van der Waals surface area contributed by atoms with E-state index in [4.69, 9.17) is 0 Å². The number of nitrogens with zero attached hydrogens (tertiary/aromatic N) is 2. The number of H-pyrrole nitrogens is 1. The Bertz CT molecular complexity index is 1490. The van der Waals surface area contributed by atoms with Gasteiger partial charge in [0.1, 0.15) is 11.5 Å². The summed E-state index contributed by atoms with van der Waals surface area (Å²) in [7, 11) is 0. The van der Waals surface area contributed by atoms with Gasteiger partial charge >= 0.3 is 5.69 Å². The number of aromatic nitrogens is 3. The fourth-order valence-corrected chi connectivity index (χ4v) is 3.66. The smallest absolute Gasteiger partial charge is 0.348 e. The number of carbonyl (C=O) groups excluding carboxylic acids is 1. The molecule has 3 aromatic carbocycles. The Labute approximate surface area is 195 Å². The minimum absolute atomic E-state index is 0.143. The lowest BCUT2D eigenvalue weighted by molar-refractivity contribution is 0.102. The number of pyridine rings is 1. The Morgan fingerprint density at radius 2 is 1.53 bits per heavy atom. The summed E-state index contributed by atoms with van der Waals surface area (Å²) in [5, 5.41) is 6.88. The molecule has 0 saturated carbocycles. The van der Waals surface area contributed by atoms with Gasteiger partial charge in [0.05, 0.1) is 5.39 Å². The second kappa shape index (κ2) is 9.38. The van der Waals surface area contributed by atoms with E-state index in [9.17, 15) is 9.59 Å². The first-order valence-corrected chi connectivity index (χ1v) is 10.8. The quantitative estimate of drug-likeness (QED) is 0.346. The maximum absolute atomic E-state index is 12.4. The number of benzene rings is 3. The molecule has 5 rings (SSSR count). The van der Waals surface area contributed by atoms with E-state index in [1.165, 1.54) is 0 Å². The molecule has 0 radical (unpaired) electrons. The number of nitrogens with one attached hydrogen (secondary N) is 3. The van der Waals surface area contributed by atoms with Crippen molar-refractivity contribution in [1.29, 1.82) is 0 Å². The van der Waals surface area contributed by atoms with Gasteiger partial charge in [0.15, 0.2) is 0 Å². The monoisotopic (exact) mass is 447 g/mol. The molecule has 0 unspecified atom stereocenters. The van der Waals surface area contributed by atoms with Crippen LogP contribution in [0.15, 0.2) is 102 Å². The lowest BCUT2D eigenvalue weighted by Gasteiger charge is -2.09. The van der Waals surface area contributed by atoms with Crippen LogP contribution in [0.5, 0.6) is 0 Å². The van der Waals surface area contributed by atoms with Crippen molar-refractivity contribution in [3.8, 4) is 11.1 Å². The van der Waals surface area contributed by atoms with Crippen LogP contribution in [0.2, 0.25) is 0 Å². The molecule has 7 nitrogen and oxygen atoms in total. The minimum atomic E-state index is -0.440. The van der Waals surface area contributed by atoms with Gasteiger partial charge in [-0.3, -0.25) is 9.78 Å². The van der Waals surface area contributed by atoms with Gasteiger partial charge in [-0.25, -0.2) is 9.78 Å². The summed E-state index contributed by atoms with van der Waals surface area (Å²) in [6.45, 7) is 0.513. The zero-order valence-electron chi connectivity index (χ0n) is 18.2. The number of rotatable bonds is 6. The van der Waals surface area contributed by atoms with Crippen molar-refractivity contribution in [1.82, 2.24) is 15.0 Å². The summed E-state index contributed by atoms with van der Waals surface area (Å²) in [6, 6.07) is 28.7. The number of para-hydroxylation sites is 1. The summed E-state index contributed by atoms with van der Waals surface area (Å²) < 4.78 is 0. The molecule has 0 aliphatic heterocycles. The molecular formula is C27H21N5O2. The lowest BCUT2D eigenvalue weighted by atomic mass is 10.0. The van der Waals surface area contributed by atoms with Crippen LogP contribution in [0.3, 0.4) is 0 Å². The van der Waals surface area contributed by atoms with Crippen LogP contribution < -0.4 is 16.3 Å². The molecule has 7 heteroatoms. The lowest BCUT2D eigenvalue weighted by Crippen LogP contribution is -2.14. The molecular weight excluding hydrogens is 426 g/mol. The van der Waals surface area contributed by atoms with E-state index in [0.717, 1.165) is 27.8 Å². The van der Waals surface area contributed by atoms with Gasteiger partial charge in [0.25, 0.3) is 5.91 Å². The Hall–Kier alpha value is -4.78. The molecule has 166 valence electrons. The number of carbonyl (C=O) groups is 1. The van der Waals surface area contributed by atoms with Gasteiger partial charge in [-0.05, 0) is 53.1 Å². The van der Waals surface area contributed by atoms with E-state index in [1.54, 1.807) is 12.3 Å². The second-order valence-electron chi connectivity index (χ2n) is 7.74. The van der Waals surface area contributed by atoms with E-state index >= 15 is 0 Å². The first-order valence-electron chi connectivity index (χ1n) is 10.8. The van der Waals surface area contributed by atoms with Crippen LogP contribution in [0.4, 0.5) is 11.5 Å². The van der Waals surface area contributed by atoms with Crippen molar-refractivity contribution in [3.63, 3.8) is 0 Å². The molecule has 0 aliphatic carbocycles. The van der Waals surface area contributed by atoms with Gasteiger partial charge in [0.2, 0.25) is 0 Å². The van der Waals surface area contributed by atoms with Gasteiger partial charge in [-0.1, -0.05) is 54.6 Å². The molecule has 0 saturated heterocycles. The summed E-state index contributed by atoms with van der Waals surface area (Å²) in [5.41, 5.74) is 4.53. The number of amides is 1. The minimum Gasteiger partial charge on any atom is -0.365 e. The second-order valence-corrected chi connectivity index (χ2v) is 7.74. The van der Waals surface area contributed by atoms with E-state index in [-0.39, 0.29) is 5.91 Å². The van der Waals surface area contributed by atoms with Crippen LogP contribution in [-0.4, -0.2) is 20.9 Å². The topological polar surface area (TPSA) is 99.8 Å². The van der Waals surface area contributed by atoms with E-state index in [1.807, 2.05) is 84.9 Å². The maximum Gasteiger partial charge on any atom is 0.348 e. The molecule has 0 spiro atoms. The van der Waals surface area contributed by atoms with Crippen LogP contribution in [0, 0.1) is 0 Å². The normalized spacial score (nSPS) is 10.7. The Morgan fingerprint density at radius 1 is 0.824 bits per heavy atom. The summed E-state index contributed by atoms with van der Waals surface area (Å²) in [4.78, 5) is 35.1. The van der Waals surface area contributed by atoms with Gasteiger partial charge in [-0.15, -0.1) is 0 Å². The zero-order valence-corrected chi connectivity index (χ0v) is 18.2. The third kappa shape index (κ3) is 4.68. The predicted octanol–water partition coefficient (Wildman–Crippen LogP) is 4.85. The fraction of sp³-hybridized carbons (Fsp3) is 0.0370. The van der Waals surface area contributed by atoms with Crippen molar-refractivity contribution in [3.05, 3.63) is 119 Å². The maximum atomic E-state index is 12.4. The fourth-order valence-electron chi connectivity index (χ4n) is 3.66. The number of anilines is 2. The molecule has 2 heterocycles. The number of hydrogen-bond donors (Lipinski definition) is 3. The molecule has 34 heavy (non-hydrogen) atoms. The highest BCUT2D eigenvalue weighted by molar-refractivity contribution is 6.04. The summed E-state index contributed by atoms with van der Waals surface area (Å²) in [6.07, 6.45) is 1.63. The van der Waals surface area contributed by atoms with Crippen molar-refractivity contribution < 1.29 is 4.79 Å². The average Bonchev–Trinajstić information content (AvgIpc) is 2.88. The Kier molecular flexibility index (Phi) is 5.82.